The minimum absolute atomic E-state index is 0.0344. The summed E-state index contributed by atoms with van der Waals surface area (Å²) in [5.74, 6) is -0.820. The van der Waals surface area contributed by atoms with Crippen LogP contribution in [-0.4, -0.2) is 20.6 Å². The fraction of sp³-hybridized carbons (Fsp3) is 0.226. The van der Waals surface area contributed by atoms with Crippen molar-refractivity contribution in [1.82, 2.24) is 9.13 Å². The Kier molecular flexibility index (Phi) is 5.60. The van der Waals surface area contributed by atoms with Gasteiger partial charge in [-0.25, -0.2) is 9.79 Å². The van der Waals surface area contributed by atoms with Crippen molar-refractivity contribution in [1.29, 1.82) is 0 Å². The smallest absolute Gasteiger partial charge is 0.293 e. The lowest BCUT2D eigenvalue weighted by Crippen LogP contribution is -2.43. The molecule has 2 heterocycles. The van der Waals surface area contributed by atoms with Gasteiger partial charge in [-0.05, 0) is 36.0 Å². The van der Waals surface area contributed by atoms with Gasteiger partial charge in [-0.15, -0.1) is 0 Å². The number of carbonyl (C=O) groups excluding carboxylic acids is 1. The topological polar surface area (TPSA) is 73.4 Å². The van der Waals surface area contributed by atoms with Gasteiger partial charge in [0.2, 0.25) is 0 Å². The van der Waals surface area contributed by atoms with E-state index in [0.717, 1.165) is 35.0 Å². The molecular weight excluding hydrogens is 462 g/mol. The van der Waals surface area contributed by atoms with E-state index in [2.05, 4.69) is 36.4 Å². The van der Waals surface area contributed by atoms with Gasteiger partial charge in [-0.2, -0.15) is 0 Å². The second kappa shape index (κ2) is 8.96. The summed E-state index contributed by atoms with van der Waals surface area (Å²) in [6.07, 6.45) is 2.98. The number of ketones is 1. The molecule has 1 aliphatic heterocycles. The molecule has 6 heteroatoms. The summed E-state index contributed by atoms with van der Waals surface area (Å²) in [5, 5.41) is 0. The molecule has 2 atom stereocenters. The number of benzene rings is 3. The normalized spacial score (nSPS) is 17.7. The van der Waals surface area contributed by atoms with Gasteiger partial charge < -0.3 is 0 Å². The van der Waals surface area contributed by atoms with Crippen LogP contribution >= 0.6 is 0 Å². The number of carbonyl (C=O) groups is 1. The lowest BCUT2D eigenvalue weighted by Gasteiger charge is -2.30. The molecule has 37 heavy (non-hydrogen) atoms. The molecule has 6 nitrogen and oxygen atoms in total. The minimum atomic E-state index is -0.598. The Labute approximate surface area is 214 Å². The number of aryl methyl sites for hydroxylation is 2. The van der Waals surface area contributed by atoms with Crippen molar-refractivity contribution in [2.75, 3.05) is 0 Å². The van der Waals surface area contributed by atoms with E-state index >= 15 is 0 Å². The van der Waals surface area contributed by atoms with Crippen molar-refractivity contribution in [2.45, 2.75) is 25.2 Å². The number of hydrogen-bond acceptors (Lipinski definition) is 4. The van der Waals surface area contributed by atoms with Gasteiger partial charge in [0.25, 0.3) is 5.56 Å². The number of hydrogen-bond donors (Lipinski definition) is 0. The minimum Gasteiger partial charge on any atom is -0.293 e. The first-order chi connectivity index (χ1) is 18.0. The van der Waals surface area contributed by atoms with Crippen molar-refractivity contribution in [3.05, 3.63) is 133 Å². The molecule has 0 saturated carbocycles. The highest BCUT2D eigenvalue weighted by molar-refractivity contribution is 6.30. The number of aliphatic imine (C=N–C) groups is 1. The van der Waals surface area contributed by atoms with Crippen LogP contribution in [0, 0.1) is 5.92 Å². The first-order valence-electron chi connectivity index (χ1n) is 12.6. The summed E-state index contributed by atoms with van der Waals surface area (Å²) in [4.78, 5) is 44.6. The van der Waals surface area contributed by atoms with Gasteiger partial charge in [0.05, 0.1) is 17.2 Å². The fourth-order valence-corrected chi connectivity index (χ4v) is 5.76. The Morgan fingerprint density at radius 1 is 0.703 bits per heavy atom. The summed E-state index contributed by atoms with van der Waals surface area (Å²) < 4.78 is 2.52. The Bertz CT molecular complexity index is 1680. The van der Waals surface area contributed by atoms with E-state index in [9.17, 15) is 14.4 Å². The van der Waals surface area contributed by atoms with Gasteiger partial charge in [0.1, 0.15) is 5.82 Å². The molecule has 0 unspecified atom stereocenters. The Hall–Kier alpha value is -4.32. The maximum Gasteiger partial charge on any atom is 0.332 e. The van der Waals surface area contributed by atoms with E-state index < -0.39 is 23.1 Å². The SMILES string of the molecule is Cn1c2c(c(=O)n(C)c1=O)[C@@H](c1ccc(CCCc3ccccc3)cc1)[C@@H]1C(=O)c3ccccc3C1=N2. The van der Waals surface area contributed by atoms with Crippen molar-refractivity contribution in [3.63, 3.8) is 0 Å². The maximum absolute atomic E-state index is 13.7. The van der Waals surface area contributed by atoms with E-state index in [4.69, 9.17) is 4.99 Å². The molecule has 1 aliphatic carbocycles. The van der Waals surface area contributed by atoms with Crippen LogP contribution in [0.2, 0.25) is 0 Å². The lowest BCUT2D eigenvalue weighted by molar-refractivity contribution is 0.0953. The molecule has 2 aliphatic rings. The standard InChI is InChI=1S/C31H27N3O3/c1-33-29-26(30(36)34(2)31(33)37)24(25-27(32-29)22-13-6-7-14-23(22)28(25)35)21-17-15-20(16-18-21)12-8-11-19-9-4-3-5-10-19/h3-7,9-10,13-18,24-25H,8,11-12H2,1-2H3/t24-,25-/m0/s1. The Morgan fingerprint density at radius 2 is 1.32 bits per heavy atom. The van der Waals surface area contributed by atoms with E-state index in [1.54, 1.807) is 7.05 Å². The zero-order valence-electron chi connectivity index (χ0n) is 20.8. The second-order valence-corrected chi connectivity index (χ2v) is 9.89. The summed E-state index contributed by atoms with van der Waals surface area (Å²) >= 11 is 0. The van der Waals surface area contributed by atoms with Gasteiger partial charge in [0, 0.05) is 31.1 Å². The van der Waals surface area contributed by atoms with Gasteiger partial charge >= 0.3 is 5.69 Å². The number of nitrogens with zero attached hydrogens (tertiary/aromatic N) is 3. The molecule has 4 aromatic rings. The van der Waals surface area contributed by atoms with E-state index in [1.807, 2.05) is 42.5 Å². The van der Waals surface area contributed by atoms with Crippen molar-refractivity contribution >= 4 is 17.3 Å². The summed E-state index contributed by atoms with van der Waals surface area (Å²) in [6, 6.07) is 26.1. The van der Waals surface area contributed by atoms with Crippen molar-refractivity contribution < 1.29 is 4.79 Å². The predicted octanol–water partition coefficient (Wildman–Crippen LogP) is 4.34. The third kappa shape index (κ3) is 3.71. The van der Waals surface area contributed by atoms with Gasteiger partial charge in [-0.1, -0.05) is 78.9 Å². The molecule has 0 fully saturated rings. The maximum atomic E-state index is 13.7. The fourth-order valence-electron chi connectivity index (χ4n) is 5.76. The van der Waals surface area contributed by atoms with Crippen LogP contribution in [0.5, 0.6) is 0 Å². The highest BCUT2D eigenvalue weighted by Gasteiger charge is 2.47. The molecule has 3 aromatic carbocycles. The molecule has 0 bridgehead atoms. The third-order valence-electron chi connectivity index (χ3n) is 7.70. The molecule has 0 N–H and O–H groups in total. The molecule has 0 radical (unpaired) electrons. The van der Waals surface area contributed by atoms with Crippen LogP contribution in [-0.2, 0) is 26.9 Å². The summed E-state index contributed by atoms with van der Waals surface area (Å²) in [7, 11) is 3.10. The van der Waals surface area contributed by atoms with Crippen LogP contribution in [0.1, 0.15) is 50.5 Å². The lowest BCUT2D eigenvalue weighted by atomic mass is 9.76. The summed E-state index contributed by atoms with van der Waals surface area (Å²) in [5.41, 5.74) is 5.00. The van der Waals surface area contributed by atoms with Gasteiger partial charge in [-0.3, -0.25) is 18.7 Å². The predicted molar refractivity (Wildman–Crippen MR) is 144 cm³/mol. The first-order valence-corrected chi connectivity index (χ1v) is 12.6. The molecule has 1 aromatic heterocycles. The average Bonchev–Trinajstić information content (AvgIpc) is 3.22. The largest absolute Gasteiger partial charge is 0.332 e. The number of Topliss-reactive ketones (excluding diaryl/α,β-unsaturated/α-hetero) is 1. The van der Waals surface area contributed by atoms with Gasteiger partial charge in [0.15, 0.2) is 5.78 Å². The third-order valence-corrected chi connectivity index (χ3v) is 7.70. The van der Waals surface area contributed by atoms with Crippen molar-refractivity contribution in [2.24, 2.45) is 25.0 Å². The van der Waals surface area contributed by atoms with E-state index in [1.165, 1.54) is 22.7 Å². The Balaban J connectivity index is 1.41. The molecule has 0 amide bonds. The van der Waals surface area contributed by atoms with E-state index in [0.29, 0.717) is 22.7 Å². The van der Waals surface area contributed by atoms with Crippen LogP contribution in [0.25, 0.3) is 0 Å². The monoisotopic (exact) mass is 489 g/mol. The zero-order chi connectivity index (χ0) is 25.7. The first kappa shape index (κ1) is 23.1. The van der Waals surface area contributed by atoms with Crippen LogP contribution in [0.3, 0.4) is 0 Å². The highest BCUT2D eigenvalue weighted by atomic mass is 16.2. The molecular formula is C31H27N3O3. The quantitative estimate of drug-likeness (QED) is 0.419. The van der Waals surface area contributed by atoms with Crippen molar-refractivity contribution in [3.8, 4) is 0 Å². The number of aromatic nitrogens is 2. The second-order valence-electron chi connectivity index (χ2n) is 9.89. The summed E-state index contributed by atoms with van der Waals surface area (Å²) in [6.45, 7) is 0. The highest BCUT2D eigenvalue weighted by Crippen LogP contribution is 2.46. The molecule has 6 rings (SSSR count). The van der Waals surface area contributed by atoms with Crippen LogP contribution in [0.4, 0.5) is 5.82 Å². The van der Waals surface area contributed by atoms with E-state index in [-0.39, 0.29) is 5.78 Å². The zero-order valence-corrected chi connectivity index (χ0v) is 20.8. The average molecular weight is 490 g/mol. The number of fused-ring (bicyclic) bond motifs is 4. The van der Waals surface area contributed by atoms with Crippen LogP contribution in [0.15, 0.2) is 93.4 Å². The van der Waals surface area contributed by atoms with Crippen LogP contribution < -0.4 is 11.2 Å². The Morgan fingerprint density at radius 3 is 2.03 bits per heavy atom. The molecule has 0 saturated heterocycles. The number of rotatable bonds is 5. The molecule has 184 valence electrons. The molecule has 0 spiro atoms.